The lowest BCUT2D eigenvalue weighted by Crippen LogP contribution is -2.40. The third kappa shape index (κ3) is 28.6. The van der Waals surface area contributed by atoms with Crippen LogP contribution in [0.3, 0.4) is 0 Å². The number of carbonyl (C=O) groups is 6. The van der Waals surface area contributed by atoms with Crippen molar-refractivity contribution < 1.29 is 109 Å². The Morgan fingerprint density at radius 2 is 0.786 bits per heavy atom. The number of para-hydroxylation sites is 2. The maximum atomic E-state index is 10.1. The number of ether oxygens (including phenoxy) is 4. The molecule has 0 saturated carbocycles. The minimum Gasteiger partial charge on any atom is -0.489 e. The zero-order valence-electron chi connectivity index (χ0n) is 38.1. The number of nitrogens with one attached hydrogen (secondary N) is 2. The van der Waals surface area contributed by atoms with Gasteiger partial charge in [-0.1, -0.05) is 50.2 Å². The lowest BCUT2D eigenvalue weighted by molar-refractivity contribution is -0.159. The normalized spacial score (nSPS) is 11.9. The average molecular weight is 995 g/mol. The van der Waals surface area contributed by atoms with E-state index in [2.05, 4.69) is 20.6 Å². The SMILES string of the molecule is CCC(NCC(O)COc1cc(C(O)O)cnc1C)Oc1ccccc1.CCC(NCC(O)COc1cc(C(O)O)cnc1C)Oc1ccccc1.O=C(O)C(=O)O.O=C(O)C(=O)O.O=C(O)C(=O)O. The Morgan fingerprint density at radius 3 is 1.03 bits per heavy atom. The van der Waals surface area contributed by atoms with Gasteiger partial charge in [0.05, 0.1) is 11.4 Å². The third-order valence-corrected chi connectivity index (χ3v) is 8.08. The number of carboxylic acid groups (broad SMARTS) is 6. The second-order valence-electron chi connectivity index (χ2n) is 13.7. The molecule has 4 rings (SSSR count). The number of rotatable bonds is 20. The van der Waals surface area contributed by atoms with E-state index in [1.54, 1.807) is 13.8 Å². The molecule has 0 bridgehead atoms. The number of aliphatic carboxylic acids is 6. The molecule has 26 nitrogen and oxygen atoms in total. The van der Waals surface area contributed by atoms with Gasteiger partial charge >= 0.3 is 35.8 Å². The van der Waals surface area contributed by atoms with Crippen molar-refractivity contribution in [2.75, 3.05) is 26.3 Å². The van der Waals surface area contributed by atoms with Gasteiger partial charge in [-0.2, -0.15) is 0 Å². The van der Waals surface area contributed by atoms with E-state index in [0.29, 0.717) is 36.0 Å². The Morgan fingerprint density at radius 1 is 0.500 bits per heavy atom. The van der Waals surface area contributed by atoms with Crippen LogP contribution in [0, 0.1) is 13.8 Å². The van der Waals surface area contributed by atoms with Crippen LogP contribution in [0.15, 0.2) is 85.2 Å². The predicted molar refractivity (Wildman–Crippen MR) is 239 cm³/mol. The van der Waals surface area contributed by atoms with Gasteiger partial charge in [0.25, 0.3) is 0 Å². The number of aliphatic hydroxyl groups is 6. The van der Waals surface area contributed by atoms with Crippen molar-refractivity contribution in [1.82, 2.24) is 20.6 Å². The quantitative estimate of drug-likeness (QED) is 0.0423. The molecule has 2 aromatic carbocycles. The number of carboxylic acids is 6. The van der Waals surface area contributed by atoms with Crippen molar-refractivity contribution >= 4 is 35.8 Å². The van der Waals surface area contributed by atoms with Crippen LogP contribution in [0.1, 0.15) is 61.8 Å². The van der Waals surface area contributed by atoms with Gasteiger partial charge in [-0.3, -0.25) is 20.6 Å². The number of benzene rings is 2. The van der Waals surface area contributed by atoms with Gasteiger partial charge in [0.15, 0.2) is 12.6 Å². The topological polar surface area (TPSA) is 432 Å². The largest absolute Gasteiger partial charge is 0.489 e. The van der Waals surface area contributed by atoms with Crippen LogP contribution in [-0.2, 0) is 28.8 Å². The maximum Gasteiger partial charge on any atom is 0.414 e. The van der Waals surface area contributed by atoms with Crippen molar-refractivity contribution in [2.24, 2.45) is 0 Å². The summed E-state index contributed by atoms with van der Waals surface area (Å²) in [5, 5.41) is 108. The third-order valence-electron chi connectivity index (χ3n) is 8.08. The number of aromatic nitrogens is 2. The fraction of sp³-hybridized carbons (Fsp3) is 0.364. The lowest BCUT2D eigenvalue weighted by atomic mass is 10.2. The van der Waals surface area contributed by atoms with Gasteiger partial charge in [0.2, 0.25) is 0 Å². The number of hydrogen-bond acceptors (Lipinski definition) is 20. The first-order chi connectivity index (χ1) is 32.9. The van der Waals surface area contributed by atoms with Crippen molar-refractivity contribution in [3.8, 4) is 23.0 Å². The zero-order valence-corrected chi connectivity index (χ0v) is 38.1. The van der Waals surface area contributed by atoms with Crippen molar-refractivity contribution in [3.05, 3.63) is 108 Å². The van der Waals surface area contributed by atoms with E-state index < -0.39 is 60.6 Å². The molecule has 0 spiro atoms. The highest BCUT2D eigenvalue weighted by atomic mass is 16.5. The van der Waals surface area contributed by atoms with Crippen molar-refractivity contribution in [1.29, 1.82) is 0 Å². The second-order valence-corrected chi connectivity index (χ2v) is 13.7. The first kappa shape index (κ1) is 62.4. The molecule has 0 amide bonds. The van der Waals surface area contributed by atoms with Crippen LogP contribution < -0.4 is 29.6 Å². The second kappa shape index (κ2) is 34.7. The summed E-state index contributed by atoms with van der Waals surface area (Å²) in [6.45, 7) is 8.14. The van der Waals surface area contributed by atoms with Crippen molar-refractivity contribution in [2.45, 2.75) is 77.8 Å². The molecule has 0 fully saturated rings. The molecular weight excluding hydrogens is 936 g/mol. The van der Waals surface area contributed by atoms with Crippen LogP contribution >= 0.6 is 0 Å². The molecule has 14 N–H and O–H groups in total. The Balaban J connectivity index is 0.00000101. The molecule has 0 saturated heterocycles. The van der Waals surface area contributed by atoms with Crippen LogP contribution in [-0.4, -0.2) is 158 Å². The molecule has 26 heteroatoms. The van der Waals surface area contributed by atoms with Crippen LogP contribution in [0.4, 0.5) is 0 Å². The average Bonchev–Trinajstić information content (AvgIpc) is 3.32. The number of aryl methyl sites for hydroxylation is 2. The molecule has 70 heavy (non-hydrogen) atoms. The first-order valence-corrected chi connectivity index (χ1v) is 20.5. The molecule has 4 unspecified atom stereocenters. The molecule has 0 aliphatic heterocycles. The van der Waals surface area contributed by atoms with Gasteiger partial charge in [-0.15, -0.1) is 0 Å². The summed E-state index contributed by atoms with van der Waals surface area (Å²) in [6.07, 6.45) is -0.961. The summed E-state index contributed by atoms with van der Waals surface area (Å²) < 4.78 is 22.7. The van der Waals surface area contributed by atoms with E-state index in [1.807, 2.05) is 74.5 Å². The molecule has 2 heterocycles. The summed E-state index contributed by atoms with van der Waals surface area (Å²) in [5.74, 6) is -8.61. The van der Waals surface area contributed by atoms with E-state index >= 15 is 0 Å². The number of hydrogen-bond donors (Lipinski definition) is 14. The molecule has 4 aromatic rings. The molecule has 0 radical (unpaired) electrons. The van der Waals surface area contributed by atoms with Gasteiger partial charge < -0.3 is 80.2 Å². The Hall–Kier alpha value is -7.56. The number of pyridine rings is 2. The van der Waals surface area contributed by atoms with E-state index in [4.69, 9.17) is 78.4 Å². The van der Waals surface area contributed by atoms with Gasteiger partial charge in [0, 0.05) is 36.6 Å². The Kier molecular flexibility index (Phi) is 30.9. The maximum absolute atomic E-state index is 10.1. The minimum atomic E-state index is -1.82. The van der Waals surface area contributed by atoms with Gasteiger partial charge in [-0.25, -0.2) is 28.8 Å². The zero-order chi connectivity index (χ0) is 53.3. The lowest BCUT2D eigenvalue weighted by Gasteiger charge is -2.21. The van der Waals surface area contributed by atoms with E-state index in [1.165, 1.54) is 24.5 Å². The van der Waals surface area contributed by atoms with E-state index in [9.17, 15) is 30.6 Å². The fourth-order valence-corrected chi connectivity index (χ4v) is 4.52. The summed E-state index contributed by atoms with van der Waals surface area (Å²) in [4.78, 5) is 62.7. The summed E-state index contributed by atoms with van der Waals surface area (Å²) in [6, 6.07) is 22.0. The highest BCUT2D eigenvalue weighted by molar-refractivity contribution is 6.28. The van der Waals surface area contributed by atoms with Crippen molar-refractivity contribution in [3.63, 3.8) is 0 Å². The summed E-state index contributed by atoms with van der Waals surface area (Å²) in [5.41, 5.74) is 1.68. The van der Waals surface area contributed by atoms with Gasteiger partial charge in [0.1, 0.15) is 60.9 Å². The highest BCUT2D eigenvalue weighted by Gasteiger charge is 2.16. The van der Waals surface area contributed by atoms with E-state index in [-0.39, 0.29) is 36.8 Å². The number of nitrogens with zero attached hydrogens (tertiary/aromatic N) is 2. The molecular formula is C44H58N4O22. The standard InChI is InChI=1S/2C19H26N2O5.3C2H2O4/c2*1-3-18(26-16-7-5-4-6-8-16)21-11-15(22)12-25-17-9-14(19(23)24)10-20-13(17)2;3*3-1(4)2(5)6/h2*4-10,15,18-19,21-24H,3,11-12H2,1-2H3;3*(H,3,4)(H,5,6). The first-order valence-electron chi connectivity index (χ1n) is 20.5. The smallest absolute Gasteiger partial charge is 0.414 e. The Labute approximate surface area is 399 Å². The van der Waals surface area contributed by atoms with Gasteiger partial charge in [-0.05, 0) is 63.1 Å². The predicted octanol–water partition coefficient (Wildman–Crippen LogP) is 0.502. The summed E-state index contributed by atoms with van der Waals surface area (Å²) in [7, 11) is 0. The molecule has 2 aromatic heterocycles. The minimum absolute atomic E-state index is 0.0439. The monoisotopic (exact) mass is 994 g/mol. The summed E-state index contributed by atoms with van der Waals surface area (Å²) >= 11 is 0. The highest BCUT2D eigenvalue weighted by Crippen LogP contribution is 2.22. The van der Waals surface area contributed by atoms with E-state index in [0.717, 1.165) is 24.3 Å². The number of aliphatic hydroxyl groups excluding tert-OH is 4. The van der Waals surface area contributed by atoms with Crippen LogP contribution in [0.2, 0.25) is 0 Å². The molecule has 4 atom stereocenters. The molecule has 0 aliphatic rings. The molecule has 0 aliphatic carbocycles. The van der Waals surface area contributed by atoms with Crippen LogP contribution in [0.5, 0.6) is 23.0 Å². The molecule has 386 valence electrons. The van der Waals surface area contributed by atoms with Crippen LogP contribution in [0.25, 0.3) is 0 Å². The Bertz CT molecular complexity index is 1970. The fourth-order valence-electron chi connectivity index (χ4n) is 4.52.